The van der Waals surface area contributed by atoms with E-state index >= 15 is 0 Å². The lowest BCUT2D eigenvalue weighted by molar-refractivity contribution is 0.248. The molecule has 1 heterocycles. The van der Waals surface area contributed by atoms with Crippen molar-refractivity contribution in [2.24, 2.45) is 0 Å². The van der Waals surface area contributed by atoms with Crippen LogP contribution in [0.25, 0.3) is 0 Å². The number of carbonyl (C=O) groups excluding carboxylic acids is 1. The second-order valence-corrected chi connectivity index (χ2v) is 7.23. The third-order valence-electron chi connectivity index (χ3n) is 4.66. The molecule has 2 amide bonds. The number of anilines is 1. The van der Waals surface area contributed by atoms with Crippen LogP contribution in [0.1, 0.15) is 42.4 Å². The minimum absolute atomic E-state index is 0.0752. The molecule has 1 atom stereocenters. The molecule has 0 saturated heterocycles. The summed E-state index contributed by atoms with van der Waals surface area (Å²) in [6, 6.07) is 8.14. The van der Waals surface area contributed by atoms with Gasteiger partial charge in [-0.3, -0.25) is 5.32 Å². The lowest BCUT2D eigenvalue weighted by Gasteiger charge is -2.16. The number of aryl methyl sites for hydroxylation is 1. The van der Waals surface area contributed by atoms with E-state index in [2.05, 4.69) is 51.7 Å². The van der Waals surface area contributed by atoms with Gasteiger partial charge in [-0.15, -0.1) is 10.2 Å². The van der Waals surface area contributed by atoms with Gasteiger partial charge in [0.25, 0.3) is 0 Å². The second-order valence-electron chi connectivity index (χ2n) is 6.17. The number of nitrogens with one attached hydrogen (secondary N) is 2. The number of likely N-dealkylation sites (N-methyl/N-ethyl adjacent to an activating group) is 1. The minimum Gasteiger partial charge on any atom is -0.331 e. The molecule has 0 aliphatic heterocycles. The van der Waals surface area contributed by atoms with Crippen LogP contribution in [0.4, 0.5) is 9.93 Å². The largest absolute Gasteiger partial charge is 0.331 e. The Hall–Kier alpha value is -1.99. The van der Waals surface area contributed by atoms with E-state index in [1.54, 1.807) is 0 Å². The highest BCUT2D eigenvalue weighted by molar-refractivity contribution is 7.15. The molecule has 0 spiro atoms. The molecule has 6 nitrogen and oxygen atoms in total. The predicted octanol–water partition coefficient (Wildman–Crippen LogP) is 3.23. The molecule has 0 radical (unpaired) electrons. The van der Waals surface area contributed by atoms with Gasteiger partial charge in [-0.1, -0.05) is 49.4 Å². The summed E-state index contributed by atoms with van der Waals surface area (Å²) in [6.07, 6.45) is 2.81. The first-order valence-corrected chi connectivity index (χ1v) is 9.71. The van der Waals surface area contributed by atoms with Crippen molar-refractivity contribution in [3.63, 3.8) is 0 Å². The maximum absolute atomic E-state index is 12.3. The Morgan fingerprint density at radius 3 is 2.88 bits per heavy atom. The second kappa shape index (κ2) is 8.40. The van der Waals surface area contributed by atoms with E-state index in [4.69, 9.17) is 0 Å². The molecule has 0 unspecified atom stereocenters. The predicted molar refractivity (Wildman–Crippen MR) is 101 cm³/mol. The standard InChI is InChI=1S/C18H25N5OS/c1-3-23(4-2)12-11-16-21-22-18(25-16)20-17(24)19-15-10-9-13-7-5-6-8-14(13)15/h5-8,15H,3-4,9-12H2,1-2H3,(H2,19,20,22,24)/t15-/m0/s1. The third kappa shape index (κ3) is 4.55. The molecule has 25 heavy (non-hydrogen) atoms. The quantitative estimate of drug-likeness (QED) is 0.796. The van der Waals surface area contributed by atoms with Gasteiger partial charge in [-0.2, -0.15) is 0 Å². The van der Waals surface area contributed by atoms with Crippen LogP contribution in [0.5, 0.6) is 0 Å². The Labute approximate surface area is 152 Å². The van der Waals surface area contributed by atoms with E-state index in [0.29, 0.717) is 5.13 Å². The van der Waals surface area contributed by atoms with E-state index < -0.39 is 0 Å². The summed E-state index contributed by atoms with van der Waals surface area (Å²) in [6.45, 7) is 7.34. The van der Waals surface area contributed by atoms with Crippen LogP contribution in [0.2, 0.25) is 0 Å². The third-order valence-corrected chi connectivity index (χ3v) is 5.56. The maximum atomic E-state index is 12.3. The molecule has 3 rings (SSSR count). The summed E-state index contributed by atoms with van der Waals surface area (Å²) in [5.74, 6) is 0. The van der Waals surface area contributed by atoms with Crippen LogP contribution < -0.4 is 10.6 Å². The Morgan fingerprint density at radius 1 is 1.28 bits per heavy atom. The zero-order chi connectivity index (χ0) is 17.6. The molecule has 0 fully saturated rings. The molecule has 1 aliphatic carbocycles. The first-order chi connectivity index (χ1) is 12.2. The number of fused-ring (bicyclic) bond motifs is 1. The number of rotatable bonds is 7. The fourth-order valence-electron chi connectivity index (χ4n) is 3.20. The topological polar surface area (TPSA) is 70.2 Å². The van der Waals surface area contributed by atoms with Gasteiger partial charge < -0.3 is 10.2 Å². The highest BCUT2D eigenvalue weighted by Gasteiger charge is 2.23. The summed E-state index contributed by atoms with van der Waals surface area (Å²) in [7, 11) is 0. The number of hydrogen-bond acceptors (Lipinski definition) is 5. The van der Waals surface area contributed by atoms with Crippen LogP contribution in [-0.2, 0) is 12.8 Å². The van der Waals surface area contributed by atoms with E-state index in [1.807, 2.05) is 12.1 Å². The van der Waals surface area contributed by atoms with Crippen LogP contribution in [0, 0.1) is 0 Å². The van der Waals surface area contributed by atoms with Gasteiger partial charge in [0.05, 0.1) is 6.04 Å². The van der Waals surface area contributed by atoms with Gasteiger partial charge >= 0.3 is 6.03 Å². The van der Waals surface area contributed by atoms with Crippen molar-refractivity contribution in [2.75, 3.05) is 25.0 Å². The van der Waals surface area contributed by atoms with Gasteiger partial charge in [-0.25, -0.2) is 4.79 Å². The molecule has 1 aromatic heterocycles. The fraction of sp³-hybridized carbons (Fsp3) is 0.500. The molecule has 2 aromatic rings. The Balaban J connectivity index is 1.51. The van der Waals surface area contributed by atoms with Crippen molar-refractivity contribution < 1.29 is 4.79 Å². The average Bonchev–Trinajstić information content (AvgIpc) is 3.23. The van der Waals surface area contributed by atoms with Gasteiger partial charge in [0, 0.05) is 13.0 Å². The monoisotopic (exact) mass is 359 g/mol. The summed E-state index contributed by atoms with van der Waals surface area (Å²) < 4.78 is 0. The van der Waals surface area contributed by atoms with Crippen molar-refractivity contribution in [2.45, 2.75) is 39.2 Å². The lowest BCUT2D eigenvalue weighted by Crippen LogP contribution is -2.31. The smallest absolute Gasteiger partial charge is 0.321 e. The normalized spacial score (nSPS) is 16.0. The average molecular weight is 359 g/mol. The van der Waals surface area contributed by atoms with Crippen molar-refractivity contribution in [1.82, 2.24) is 20.4 Å². The van der Waals surface area contributed by atoms with Crippen molar-refractivity contribution in [3.8, 4) is 0 Å². The minimum atomic E-state index is -0.215. The number of nitrogens with zero attached hydrogens (tertiary/aromatic N) is 3. The number of amides is 2. The Bertz CT molecular complexity index is 713. The number of aromatic nitrogens is 2. The zero-order valence-electron chi connectivity index (χ0n) is 14.8. The number of benzene rings is 1. The van der Waals surface area contributed by atoms with Gasteiger partial charge in [0.1, 0.15) is 5.01 Å². The van der Waals surface area contributed by atoms with Crippen LogP contribution in [0.15, 0.2) is 24.3 Å². The van der Waals surface area contributed by atoms with Crippen molar-refractivity contribution in [3.05, 3.63) is 40.4 Å². The number of urea groups is 1. The van der Waals surface area contributed by atoms with Crippen LogP contribution >= 0.6 is 11.3 Å². The highest BCUT2D eigenvalue weighted by atomic mass is 32.1. The lowest BCUT2D eigenvalue weighted by atomic mass is 10.1. The SMILES string of the molecule is CCN(CC)CCc1nnc(NC(=O)N[C@H]2CCc3ccccc32)s1. The first kappa shape index (κ1) is 17.8. The van der Waals surface area contributed by atoms with Gasteiger partial charge in [0.15, 0.2) is 0 Å². The molecular weight excluding hydrogens is 334 g/mol. The molecule has 0 bridgehead atoms. The van der Waals surface area contributed by atoms with E-state index in [0.717, 1.165) is 43.9 Å². The van der Waals surface area contributed by atoms with Crippen molar-refractivity contribution in [1.29, 1.82) is 0 Å². The van der Waals surface area contributed by atoms with E-state index in [9.17, 15) is 4.79 Å². The molecule has 2 N–H and O–H groups in total. The van der Waals surface area contributed by atoms with E-state index in [-0.39, 0.29) is 12.1 Å². The number of hydrogen-bond donors (Lipinski definition) is 2. The summed E-state index contributed by atoms with van der Waals surface area (Å²) >= 11 is 1.45. The molecule has 134 valence electrons. The van der Waals surface area contributed by atoms with Crippen molar-refractivity contribution >= 4 is 22.5 Å². The molecular formula is C18H25N5OS. The molecule has 0 saturated carbocycles. The maximum Gasteiger partial charge on any atom is 0.321 e. The van der Waals surface area contributed by atoms with E-state index in [1.165, 1.54) is 22.5 Å². The summed E-state index contributed by atoms with van der Waals surface area (Å²) in [5.41, 5.74) is 2.54. The number of carbonyl (C=O) groups is 1. The highest BCUT2D eigenvalue weighted by Crippen LogP contribution is 2.30. The molecule has 1 aromatic carbocycles. The zero-order valence-corrected chi connectivity index (χ0v) is 15.6. The Morgan fingerprint density at radius 2 is 2.08 bits per heavy atom. The molecule has 7 heteroatoms. The summed E-state index contributed by atoms with van der Waals surface area (Å²) in [5, 5.41) is 15.6. The fourth-order valence-corrected chi connectivity index (χ4v) is 3.92. The first-order valence-electron chi connectivity index (χ1n) is 8.89. The van der Waals surface area contributed by atoms with Crippen LogP contribution in [-0.4, -0.2) is 40.8 Å². The van der Waals surface area contributed by atoms with Gasteiger partial charge in [-0.05, 0) is 37.1 Å². The summed E-state index contributed by atoms with van der Waals surface area (Å²) in [4.78, 5) is 14.6. The Kier molecular flexibility index (Phi) is 5.99. The van der Waals surface area contributed by atoms with Crippen LogP contribution in [0.3, 0.4) is 0 Å². The van der Waals surface area contributed by atoms with Gasteiger partial charge in [0.2, 0.25) is 5.13 Å². The molecule has 1 aliphatic rings.